The van der Waals surface area contributed by atoms with Gasteiger partial charge in [0.2, 0.25) is 0 Å². The van der Waals surface area contributed by atoms with E-state index in [9.17, 15) is 0 Å². The normalized spacial score (nSPS) is 11.4. The van der Waals surface area contributed by atoms with Crippen LogP contribution in [0.1, 0.15) is 11.4 Å². The number of nitrogens with zero attached hydrogens (tertiary/aromatic N) is 3. The van der Waals surface area contributed by atoms with Crippen LogP contribution in [-0.4, -0.2) is 21.5 Å². The minimum atomic E-state index is 0.573. The lowest BCUT2D eigenvalue weighted by Gasteiger charge is -2.09. The van der Waals surface area contributed by atoms with Gasteiger partial charge in [-0.2, -0.15) is 0 Å². The van der Waals surface area contributed by atoms with E-state index in [2.05, 4.69) is 37.0 Å². The molecule has 3 rings (SSSR count). The maximum Gasteiger partial charge on any atom is 0.176 e. The van der Waals surface area contributed by atoms with E-state index >= 15 is 0 Å². The van der Waals surface area contributed by atoms with Crippen LogP contribution in [0.4, 0.5) is 0 Å². The van der Waals surface area contributed by atoms with Crippen molar-refractivity contribution < 1.29 is 4.74 Å². The minimum Gasteiger partial charge on any atom is -0.495 e. The van der Waals surface area contributed by atoms with Crippen LogP contribution in [0.5, 0.6) is 5.75 Å². The fraction of sp³-hybridized carbons (Fsp3) is 0.231. The molecule has 6 heteroatoms. The zero-order chi connectivity index (χ0) is 13.7. The Bertz CT molecular complexity index is 813. The van der Waals surface area contributed by atoms with Crippen LogP contribution in [0.15, 0.2) is 12.1 Å². The number of benzene rings is 1. The highest BCUT2D eigenvalue weighted by molar-refractivity contribution is 14.1. The van der Waals surface area contributed by atoms with Crippen LogP contribution in [0.3, 0.4) is 0 Å². The second-order valence-electron chi connectivity index (χ2n) is 4.32. The zero-order valence-corrected chi connectivity index (χ0v) is 13.6. The van der Waals surface area contributed by atoms with Crippen molar-refractivity contribution in [1.29, 1.82) is 0 Å². The minimum absolute atomic E-state index is 0.573. The Morgan fingerprint density at radius 3 is 2.58 bits per heavy atom. The molecule has 1 aromatic carbocycles. The third-order valence-electron chi connectivity index (χ3n) is 3.13. The molecule has 4 nitrogen and oxygen atoms in total. The van der Waals surface area contributed by atoms with E-state index in [-0.39, 0.29) is 0 Å². The Hall–Kier alpha value is -1.08. The van der Waals surface area contributed by atoms with Gasteiger partial charge in [0.1, 0.15) is 5.75 Å². The van der Waals surface area contributed by atoms with Crippen LogP contribution in [0.2, 0.25) is 5.02 Å². The number of imidazole rings is 1. The lowest BCUT2D eigenvalue weighted by atomic mass is 10.2. The van der Waals surface area contributed by atoms with Crippen LogP contribution in [0, 0.1) is 17.7 Å². The highest BCUT2D eigenvalue weighted by Crippen LogP contribution is 2.31. The first-order chi connectivity index (χ1) is 9.02. The summed E-state index contributed by atoms with van der Waals surface area (Å²) in [4.78, 5) is 9.13. The largest absolute Gasteiger partial charge is 0.495 e. The van der Waals surface area contributed by atoms with Crippen molar-refractivity contribution in [3.05, 3.63) is 32.4 Å². The van der Waals surface area contributed by atoms with Crippen molar-refractivity contribution in [2.45, 2.75) is 13.8 Å². The van der Waals surface area contributed by atoms with E-state index in [1.54, 1.807) is 7.11 Å². The molecule has 0 N–H and O–H groups in total. The van der Waals surface area contributed by atoms with Gasteiger partial charge < -0.3 is 4.74 Å². The summed E-state index contributed by atoms with van der Waals surface area (Å²) < 4.78 is 8.23. The third-order valence-corrected chi connectivity index (χ3v) is 4.15. The van der Waals surface area contributed by atoms with E-state index in [0.717, 1.165) is 31.8 Å². The fourth-order valence-electron chi connectivity index (χ4n) is 2.33. The zero-order valence-electron chi connectivity index (χ0n) is 10.7. The first-order valence-electron chi connectivity index (χ1n) is 5.71. The second kappa shape index (κ2) is 4.49. The summed E-state index contributed by atoms with van der Waals surface area (Å²) in [5.41, 5.74) is 4.75. The molecule has 2 aromatic heterocycles. The standard InChI is InChI=1S/C13H11ClIN3O/c1-6-12-7(2)17-13(15)18(12)10-4-8(14)11(19-3)5-9(10)16-6/h4-5H,1-3H3. The first-order valence-corrected chi connectivity index (χ1v) is 7.17. The molecule has 2 heterocycles. The third kappa shape index (κ3) is 1.87. The predicted molar refractivity (Wildman–Crippen MR) is 84.2 cm³/mol. The molecule has 0 aliphatic heterocycles. The molecule has 0 atom stereocenters. The average Bonchev–Trinajstić information content (AvgIpc) is 2.66. The Morgan fingerprint density at radius 1 is 1.21 bits per heavy atom. The number of aromatic nitrogens is 3. The molecule has 19 heavy (non-hydrogen) atoms. The van der Waals surface area contributed by atoms with Gasteiger partial charge in [-0.15, -0.1) is 0 Å². The van der Waals surface area contributed by atoms with Crippen molar-refractivity contribution in [2.75, 3.05) is 7.11 Å². The maximum absolute atomic E-state index is 6.21. The Kier molecular flexibility index (Phi) is 3.05. The predicted octanol–water partition coefficient (Wildman–Crippen LogP) is 3.77. The van der Waals surface area contributed by atoms with Gasteiger partial charge in [-0.25, -0.2) is 9.97 Å². The molecule has 0 fully saturated rings. The molecule has 0 bridgehead atoms. The number of aryl methyl sites for hydroxylation is 2. The summed E-state index contributed by atoms with van der Waals surface area (Å²) in [5.74, 6) is 0.632. The molecule has 0 spiro atoms. The van der Waals surface area contributed by atoms with E-state index in [1.807, 2.05) is 26.0 Å². The van der Waals surface area contributed by atoms with Crippen LogP contribution in [0.25, 0.3) is 16.6 Å². The molecular weight excluding hydrogens is 377 g/mol. The quantitative estimate of drug-likeness (QED) is 0.597. The second-order valence-corrected chi connectivity index (χ2v) is 5.70. The topological polar surface area (TPSA) is 39.4 Å². The van der Waals surface area contributed by atoms with E-state index in [1.165, 1.54) is 0 Å². The highest BCUT2D eigenvalue weighted by atomic mass is 127. The van der Waals surface area contributed by atoms with Gasteiger partial charge in [0.05, 0.1) is 40.1 Å². The summed E-state index contributed by atoms with van der Waals surface area (Å²) in [6.45, 7) is 3.98. The molecule has 0 saturated heterocycles. The molecule has 0 aliphatic rings. The fourth-order valence-corrected chi connectivity index (χ4v) is 3.43. The Morgan fingerprint density at radius 2 is 1.89 bits per heavy atom. The summed E-state index contributed by atoms with van der Waals surface area (Å²) in [7, 11) is 1.60. The summed E-state index contributed by atoms with van der Waals surface area (Å²) in [6.07, 6.45) is 0. The lowest BCUT2D eigenvalue weighted by Crippen LogP contribution is -1.98. The average molecular weight is 388 g/mol. The first kappa shape index (κ1) is 12.9. The number of rotatable bonds is 1. The van der Waals surface area contributed by atoms with Crippen molar-refractivity contribution >= 4 is 50.7 Å². The number of ether oxygens (including phenoxy) is 1. The van der Waals surface area contributed by atoms with E-state index in [4.69, 9.17) is 16.3 Å². The van der Waals surface area contributed by atoms with Crippen molar-refractivity contribution in [2.24, 2.45) is 0 Å². The molecule has 98 valence electrons. The van der Waals surface area contributed by atoms with E-state index in [0.29, 0.717) is 10.8 Å². The maximum atomic E-state index is 6.21. The van der Waals surface area contributed by atoms with Gasteiger partial charge in [0.25, 0.3) is 0 Å². The summed E-state index contributed by atoms with van der Waals surface area (Å²) in [5, 5.41) is 0.573. The monoisotopic (exact) mass is 387 g/mol. The van der Waals surface area contributed by atoms with Gasteiger partial charge in [-0.1, -0.05) is 11.6 Å². The summed E-state index contributed by atoms with van der Waals surface area (Å²) >= 11 is 8.44. The molecule has 3 aromatic rings. The number of methoxy groups -OCH3 is 1. The van der Waals surface area contributed by atoms with Crippen LogP contribution in [-0.2, 0) is 0 Å². The lowest BCUT2D eigenvalue weighted by molar-refractivity contribution is 0.415. The molecule has 0 radical (unpaired) electrons. The van der Waals surface area contributed by atoms with Crippen LogP contribution < -0.4 is 4.74 Å². The summed E-state index contributed by atoms with van der Waals surface area (Å²) in [6, 6.07) is 3.73. The van der Waals surface area contributed by atoms with Gasteiger partial charge >= 0.3 is 0 Å². The number of halogens is 2. The Balaban J connectivity index is 2.56. The molecular formula is C13H11ClIN3O. The van der Waals surface area contributed by atoms with Crippen molar-refractivity contribution in [3.63, 3.8) is 0 Å². The highest BCUT2D eigenvalue weighted by Gasteiger charge is 2.15. The Labute approximate surface area is 128 Å². The van der Waals surface area contributed by atoms with Crippen LogP contribution >= 0.6 is 34.2 Å². The number of hydrogen-bond donors (Lipinski definition) is 0. The molecule has 0 aliphatic carbocycles. The molecule has 0 unspecified atom stereocenters. The van der Waals surface area contributed by atoms with Gasteiger partial charge in [0.15, 0.2) is 3.83 Å². The van der Waals surface area contributed by atoms with Gasteiger partial charge in [-0.05, 0) is 19.9 Å². The van der Waals surface area contributed by atoms with Crippen molar-refractivity contribution in [3.8, 4) is 5.75 Å². The molecule has 0 saturated carbocycles. The van der Waals surface area contributed by atoms with Gasteiger partial charge in [-0.3, -0.25) is 4.40 Å². The SMILES string of the molecule is COc1cc2nc(C)c3c(C)nc(I)n3c2cc1Cl. The van der Waals surface area contributed by atoms with Gasteiger partial charge in [0, 0.05) is 28.7 Å². The van der Waals surface area contributed by atoms with E-state index < -0.39 is 0 Å². The molecule has 0 amide bonds. The van der Waals surface area contributed by atoms with Crippen molar-refractivity contribution in [1.82, 2.24) is 14.4 Å². The number of hydrogen-bond acceptors (Lipinski definition) is 3. The smallest absolute Gasteiger partial charge is 0.176 e. The number of fused-ring (bicyclic) bond motifs is 3.